The highest BCUT2D eigenvalue weighted by Gasteiger charge is 2.38. The lowest BCUT2D eigenvalue weighted by Gasteiger charge is -2.16. The number of rotatable bonds is 3. The Balaban J connectivity index is 1.75. The predicted molar refractivity (Wildman–Crippen MR) is 77.8 cm³/mol. The summed E-state index contributed by atoms with van der Waals surface area (Å²) in [7, 11) is 0. The Bertz CT molecular complexity index is 516. The van der Waals surface area contributed by atoms with E-state index in [1.165, 1.54) is 18.9 Å². The number of amidine groups is 1. The standard InChI is InChI=1S/C14H16F2N2OS/c15-12(16)19-11-6-2-1-5-10(11)17-13-18-14(9-20-13)7-3-4-8-14/h1-2,5-6,12H,3-4,7-9H2,(H,17,18). The third-order valence-corrected chi connectivity index (χ3v) is 4.84. The lowest BCUT2D eigenvalue weighted by atomic mass is 10.0. The fourth-order valence-electron chi connectivity index (χ4n) is 2.72. The number of halogens is 2. The third kappa shape index (κ3) is 2.90. The van der Waals surface area contributed by atoms with Crippen LogP contribution >= 0.6 is 11.8 Å². The molecule has 0 radical (unpaired) electrons. The molecule has 1 fully saturated rings. The van der Waals surface area contributed by atoms with Crippen LogP contribution in [0.5, 0.6) is 5.75 Å². The quantitative estimate of drug-likeness (QED) is 0.911. The summed E-state index contributed by atoms with van der Waals surface area (Å²) >= 11 is 1.66. The van der Waals surface area contributed by atoms with Gasteiger partial charge in [-0.25, -0.2) is 0 Å². The largest absolute Gasteiger partial charge is 0.433 e. The molecule has 1 heterocycles. The second-order valence-electron chi connectivity index (χ2n) is 5.14. The SMILES string of the molecule is FC(F)Oc1ccccc1NC1=NC2(CCCC2)CS1. The van der Waals surface area contributed by atoms with Crippen molar-refractivity contribution in [3.8, 4) is 5.75 Å². The average molecular weight is 298 g/mol. The van der Waals surface area contributed by atoms with Gasteiger partial charge < -0.3 is 10.1 Å². The highest BCUT2D eigenvalue weighted by molar-refractivity contribution is 8.14. The fourth-order valence-corrected chi connectivity index (χ4v) is 3.92. The molecule has 1 spiro atoms. The van der Waals surface area contributed by atoms with Crippen molar-refractivity contribution in [3.05, 3.63) is 24.3 Å². The van der Waals surface area contributed by atoms with Gasteiger partial charge in [-0.1, -0.05) is 36.7 Å². The monoisotopic (exact) mass is 298 g/mol. The number of alkyl halides is 2. The lowest BCUT2D eigenvalue weighted by Crippen LogP contribution is -2.21. The fraction of sp³-hybridized carbons (Fsp3) is 0.500. The van der Waals surface area contributed by atoms with E-state index in [4.69, 9.17) is 4.99 Å². The molecule has 0 amide bonds. The van der Waals surface area contributed by atoms with Crippen molar-refractivity contribution in [2.75, 3.05) is 11.1 Å². The molecule has 0 bridgehead atoms. The number of thioether (sulfide) groups is 1. The average Bonchev–Trinajstić information content (AvgIpc) is 3.02. The number of benzene rings is 1. The van der Waals surface area contributed by atoms with Gasteiger partial charge in [-0.15, -0.1) is 0 Å². The molecule has 0 saturated heterocycles. The summed E-state index contributed by atoms with van der Waals surface area (Å²) in [6.07, 6.45) is 4.70. The van der Waals surface area contributed by atoms with Gasteiger partial charge in [0.2, 0.25) is 0 Å². The van der Waals surface area contributed by atoms with Crippen LogP contribution in [-0.2, 0) is 0 Å². The molecule has 2 aliphatic rings. The topological polar surface area (TPSA) is 33.6 Å². The van der Waals surface area contributed by atoms with E-state index in [0.717, 1.165) is 23.8 Å². The minimum Gasteiger partial charge on any atom is -0.433 e. The van der Waals surface area contributed by atoms with E-state index >= 15 is 0 Å². The second-order valence-corrected chi connectivity index (χ2v) is 6.10. The first-order chi connectivity index (χ1) is 9.67. The first-order valence-electron chi connectivity index (χ1n) is 6.70. The molecule has 0 atom stereocenters. The van der Waals surface area contributed by atoms with E-state index in [1.54, 1.807) is 30.0 Å². The van der Waals surface area contributed by atoms with E-state index in [0.29, 0.717) is 5.69 Å². The zero-order valence-corrected chi connectivity index (χ0v) is 11.8. The van der Waals surface area contributed by atoms with E-state index in [-0.39, 0.29) is 11.3 Å². The van der Waals surface area contributed by atoms with Crippen molar-refractivity contribution >= 4 is 22.6 Å². The molecule has 0 unspecified atom stereocenters. The van der Waals surface area contributed by atoms with Gasteiger partial charge in [-0.05, 0) is 25.0 Å². The number of aliphatic imine (C=N–C) groups is 1. The molecule has 108 valence electrons. The van der Waals surface area contributed by atoms with Gasteiger partial charge in [0.05, 0.1) is 11.2 Å². The molecule has 3 rings (SSSR count). The molecule has 1 aromatic rings. The molecule has 1 aliphatic heterocycles. The maximum Gasteiger partial charge on any atom is 0.387 e. The Hall–Kier alpha value is -1.30. The number of nitrogens with one attached hydrogen (secondary N) is 1. The zero-order valence-electron chi connectivity index (χ0n) is 10.9. The van der Waals surface area contributed by atoms with Crippen LogP contribution in [0, 0.1) is 0 Å². The normalized spacial score (nSPS) is 20.4. The van der Waals surface area contributed by atoms with Gasteiger partial charge in [0, 0.05) is 5.75 Å². The van der Waals surface area contributed by atoms with Crippen LogP contribution in [0.1, 0.15) is 25.7 Å². The van der Waals surface area contributed by atoms with Crippen molar-refractivity contribution < 1.29 is 13.5 Å². The molecule has 1 aromatic carbocycles. The summed E-state index contributed by atoms with van der Waals surface area (Å²) in [6, 6.07) is 6.71. The van der Waals surface area contributed by atoms with E-state index in [2.05, 4.69) is 10.1 Å². The maximum atomic E-state index is 12.4. The van der Waals surface area contributed by atoms with Crippen LogP contribution in [-0.4, -0.2) is 23.1 Å². The number of nitrogens with zero attached hydrogens (tertiary/aromatic N) is 1. The van der Waals surface area contributed by atoms with Crippen LogP contribution in [0.4, 0.5) is 14.5 Å². The third-order valence-electron chi connectivity index (χ3n) is 3.70. The molecule has 1 saturated carbocycles. The van der Waals surface area contributed by atoms with Crippen LogP contribution in [0.15, 0.2) is 29.3 Å². The molecular formula is C14H16F2N2OS. The Morgan fingerprint density at radius 1 is 1.25 bits per heavy atom. The van der Waals surface area contributed by atoms with Crippen molar-refractivity contribution in [1.82, 2.24) is 0 Å². The van der Waals surface area contributed by atoms with Gasteiger partial charge >= 0.3 is 6.61 Å². The van der Waals surface area contributed by atoms with Gasteiger partial charge in [0.15, 0.2) is 5.17 Å². The van der Waals surface area contributed by atoms with Crippen molar-refractivity contribution in [2.45, 2.75) is 37.8 Å². The molecule has 1 aliphatic carbocycles. The minimum atomic E-state index is -2.82. The van der Waals surface area contributed by atoms with E-state index < -0.39 is 6.61 Å². The van der Waals surface area contributed by atoms with Crippen LogP contribution in [0.25, 0.3) is 0 Å². The first kappa shape index (κ1) is 13.7. The van der Waals surface area contributed by atoms with E-state index in [9.17, 15) is 8.78 Å². The Morgan fingerprint density at radius 3 is 2.75 bits per heavy atom. The van der Waals surface area contributed by atoms with Crippen LogP contribution in [0.3, 0.4) is 0 Å². The smallest absolute Gasteiger partial charge is 0.387 e. The number of ether oxygens (including phenoxy) is 1. The minimum absolute atomic E-state index is 0.0749. The summed E-state index contributed by atoms with van der Waals surface area (Å²) in [5, 5.41) is 3.92. The zero-order chi connectivity index (χ0) is 14.0. The summed E-state index contributed by atoms with van der Waals surface area (Å²) in [4.78, 5) is 4.76. The van der Waals surface area contributed by atoms with Gasteiger partial charge in [-0.3, -0.25) is 4.99 Å². The number of hydrogen-bond donors (Lipinski definition) is 1. The maximum absolute atomic E-state index is 12.4. The highest BCUT2D eigenvalue weighted by Crippen LogP contribution is 2.41. The first-order valence-corrected chi connectivity index (χ1v) is 7.69. The lowest BCUT2D eigenvalue weighted by molar-refractivity contribution is -0.0493. The Morgan fingerprint density at radius 2 is 2.00 bits per heavy atom. The number of hydrogen-bond acceptors (Lipinski definition) is 4. The molecule has 20 heavy (non-hydrogen) atoms. The van der Waals surface area contributed by atoms with Crippen LogP contribution in [0.2, 0.25) is 0 Å². The van der Waals surface area contributed by atoms with Gasteiger partial charge in [0.1, 0.15) is 5.75 Å². The second kappa shape index (κ2) is 5.60. The van der Waals surface area contributed by atoms with Crippen molar-refractivity contribution in [1.29, 1.82) is 0 Å². The molecule has 3 nitrogen and oxygen atoms in total. The number of anilines is 1. The van der Waals surface area contributed by atoms with Crippen LogP contribution < -0.4 is 10.1 Å². The van der Waals surface area contributed by atoms with Crippen molar-refractivity contribution in [3.63, 3.8) is 0 Å². The van der Waals surface area contributed by atoms with Crippen molar-refractivity contribution in [2.24, 2.45) is 4.99 Å². The Kier molecular flexibility index (Phi) is 3.83. The molecule has 0 aromatic heterocycles. The summed E-state index contributed by atoms with van der Waals surface area (Å²) in [6.45, 7) is -2.82. The van der Waals surface area contributed by atoms with Gasteiger partial charge in [0.25, 0.3) is 0 Å². The van der Waals surface area contributed by atoms with E-state index in [1.807, 2.05) is 0 Å². The molecule has 1 N–H and O–H groups in total. The highest BCUT2D eigenvalue weighted by atomic mass is 32.2. The van der Waals surface area contributed by atoms with Gasteiger partial charge in [-0.2, -0.15) is 8.78 Å². The molecule has 6 heteroatoms. The summed E-state index contributed by atoms with van der Waals surface area (Å²) in [5.41, 5.74) is 0.611. The Labute approximate surface area is 120 Å². The molecular weight excluding hydrogens is 282 g/mol. The summed E-state index contributed by atoms with van der Waals surface area (Å²) in [5.74, 6) is 1.13. The number of para-hydroxylation sites is 2. The predicted octanol–water partition coefficient (Wildman–Crippen LogP) is 4.12. The summed E-state index contributed by atoms with van der Waals surface area (Å²) < 4.78 is 29.3.